The van der Waals surface area contributed by atoms with Crippen LogP contribution in [-0.2, 0) is 11.2 Å². The number of rotatable bonds is 6. The van der Waals surface area contributed by atoms with E-state index >= 15 is 0 Å². The molecule has 0 saturated carbocycles. The molecule has 0 saturated heterocycles. The Morgan fingerprint density at radius 1 is 0.871 bits per heavy atom. The van der Waals surface area contributed by atoms with Gasteiger partial charge in [-0.25, -0.2) is 4.79 Å². The SMILES string of the molecule is O=C(O)/C=C/Cc1ccc(-c2c(C(=O)c3ccc(O)cc3)sc3cc(O)ccc23)cc1. The highest BCUT2D eigenvalue weighted by Crippen LogP contribution is 2.41. The Hall–Kier alpha value is -3.90. The minimum atomic E-state index is -0.984. The van der Waals surface area contributed by atoms with Crippen molar-refractivity contribution in [1.82, 2.24) is 0 Å². The first-order chi connectivity index (χ1) is 14.9. The number of carbonyl (C=O) groups is 2. The molecule has 0 unspecified atom stereocenters. The Bertz CT molecular complexity index is 1300. The molecule has 6 heteroatoms. The number of ketones is 1. The molecule has 0 radical (unpaired) electrons. The largest absolute Gasteiger partial charge is 0.508 e. The molecule has 0 atom stereocenters. The van der Waals surface area contributed by atoms with E-state index in [1.165, 1.54) is 23.5 Å². The molecule has 0 spiro atoms. The molecule has 0 bridgehead atoms. The van der Waals surface area contributed by atoms with Gasteiger partial charge in [0.25, 0.3) is 0 Å². The van der Waals surface area contributed by atoms with Gasteiger partial charge < -0.3 is 15.3 Å². The maximum absolute atomic E-state index is 13.3. The Morgan fingerprint density at radius 2 is 1.55 bits per heavy atom. The van der Waals surface area contributed by atoms with E-state index < -0.39 is 5.97 Å². The van der Waals surface area contributed by atoms with Crippen molar-refractivity contribution in [3.8, 4) is 22.6 Å². The summed E-state index contributed by atoms with van der Waals surface area (Å²) < 4.78 is 0.797. The fourth-order valence-corrected chi connectivity index (χ4v) is 4.60. The average Bonchev–Trinajstić information content (AvgIpc) is 3.12. The predicted octanol–water partition coefficient (Wildman–Crippen LogP) is 5.39. The summed E-state index contributed by atoms with van der Waals surface area (Å²) in [7, 11) is 0. The summed E-state index contributed by atoms with van der Waals surface area (Å²) in [4.78, 5) is 24.5. The molecule has 4 aromatic rings. The number of benzene rings is 3. The highest BCUT2D eigenvalue weighted by atomic mass is 32.1. The van der Waals surface area contributed by atoms with Crippen LogP contribution in [0.5, 0.6) is 11.5 Å². The number of hydrogen-bond donors (Lipinski definition) is 3. The summed E-state index contributed by atoms with van der Waals surface area (Å²) in [5.41, 5.74) is 3.05. The van der Waals surface area contributed by atoms with Crippen LogP contribution < -0.4 is 0 Å². The summed E-state index contributed by atoms with van der Waals surface area (Å²) in [5.74, 6) is -0.929. The van der Waals surface area contributed by atoms with Gasteiger partial charge >= 0.3 is 5.97 Å². The highest BCUT2D eigenvalue weighted by Gasteiger charge is 2.21. The quantitative estimate of drug-likeness (QED) is 0.281. The number of aromatic hydroxyl groups is 2. The van der Waals surface area contributed by atoms with Crippen molar-refractivity contribution in [2.24, 2.45) is 0 Å². The lowest BCUT2D eigenvalue weighted by molar-refractivity contribution is -0.131. The number of carbonyl (C=O) groups excluding carboxylic acids is 1. The van der Waals surface area contributed by atoms with Crippen LogP contribution >= 0.6 is 11.3 Å². The lowest BCUT2D eigenvalue weighted by Gasteiger charge is -2.07. The molecule has 0 amide bonds. The van der Waals surface area contributed by atoms with E-state index in [0.717, 1.165) is 32.9 Å². The van der Waals surface area contributed by atoms with Gasteiger partial charge in [-0.15, -0.1) is 11.3 Å². The smallest absolute Gasteiger partial charge is 0.327 e. The molecule has 0 aliphatic rings. The third-order valence-corrected chi connectivity index (χ3v) is 6.02. The third-order valence-electron chi connectivity index (χ3n) is 4.87. The molecular weight excluding hydrogens is 412 g/mol. The molecule has 0 fully saturated rings. The van der Waals surface area contributed by atoms with Crippen molar-refractivity contribution in [3.05, 3.63) is 94.9 Å². The number of thiophene rings is 1. The summed E-state index contributed by atoms with van der Waals surface area (Å²) in [6.45, 7) is 0. The zero-order chi connectivity index (χ0) is 22.0. The van der Waals surface area contributed by atoms with Gasteiger partial charge in [0.1, 0.15) is 11.5 Å². The van der Waals surface area contributed by atoms with Gasteiger partial charge in [-0.1, -0.05) is 30.3 Å². The van der Waals surface area contributed by atoms with Gasteiger partial charge in [-0.05, 0) is 60.0 Å². The van der Waals surface area contributed by atoms with E-state index in [-0.39, 0.29) is 17.3 Å². The van der Waals surface area contributed by atoms with Gasteiger partial charge in [0.05, 0.1) is 4.88 Å². The third kappa shape index (κ3) is 4.34. The normalized spacial score (nSPS) is 11.2. The zero-order valence-corrected chi connectivity index (χ0v) is 17.1. The maximum atomic E-state index is 13.3. The first kappa shape index (κ1) is 20.4. The first-order valence-corrected chi connectivity index (χ1v) is 10.3. The minimum Gasteiger partial charge on any atom is -0.508 e. The molecule has 31 heavy (non-hydrogen) atoms. The molecule has 0 aliphatic carbocycles. The van der Waals surface area contributed by atoms with E-state index in [1.54, 1.807) is 36.4 Å². The molecule has 4 rings (SSSR count). The fourth-order valence-electron chi connectivity index (χ4n) is 3.38. The summed E-state index contributed by atoms with van der Waals surface area (Å²) in [5, 5.41) is 29.0. The van der Waals surface area contributed by atoms with E-state index in [9.17, 15) is 19.8 Å². The average molecular weight is 430 g/mol. The van der Waals surface area contributed by atoms with Crippen LogP contribution in [0.4, 0.5) is 0 Å². The lowest BCUT2D eigenvalue weighted by Crippen LogP contribution is -2.00. The standard InChI is InChI=1S/C25H18O5S/c26-18-10-8-17(9-11-18)24(30)25-23(20-13-12-19(27)14-21(20)31-25)16-6-4-15(5-7-16)2-1-3-22(28)29/h1,3-14,26-27H,2H2,(H,28,29)/b3-1+. The van der Waals surface area contributed by atoms with Crippen LogP contribution in [0.25, 0.3) is 21.2 Å². The Balaban J connectivity index is 1.79. The number of phenols is 2. The fraction of sp³-hybridized carbons (Fsp3) is 0.0400. The van der Waals surface area contributed by atoms with Crippen molar-refractivity contribution in [2.45, 2.75) is 6.42 Å². The summed E-state index contributed by atoms with van der Waals surface area (Å²) >= 11 is 1.31. The van der Waals surface area contributed by atoms with E-state index in [4.69, 9.17) is 5.11 Å². The molecule has 154 valence electrons. The van der Waals surface area contributed by atoms with Crippen LogP contribution in [0.1, 0.15) is 20.8 Å². The van der Waals surface area contributed by atoms with Crippen LogP contribution in [-0.4, -0.2) is 27.1 Å². The van der Waals surface area contributed by atoms with Crippen molar-refractivity contribution in [3.63, 3.8) is 0 Å². The Morgan fingerprint density at radius 3 is 2.23 bits per heavy atom. The Kier molecular flexibility index (Phi) is 5.56. The van der Waals surface area contributed by atoms with Crippen molar-refractivity contribution >= 4 is 33.2 Å². The Labute approximate surface area is 182 Å². The van der Waals surface area contributed by atoms with Crippen LogP contribution in [0, 0.1) is 0 Å². The number of carboxylic acid groups (broad SMARTS) is 1. The van der Waals surface area contributed by atoms with Crippen molar-refractivity contribution in [1.29, 1.82) is 0 Å². The number of phenolic OH excluding ortho intramolecular Hbond substituents is 2. The zero-order valence-electron chi connectivity index (χ0n) is 16.3. The van der Waals surface area contributed by atoms with E-state index in [1.807, 2.05) is 24.3 Å². The van der Waals surface area contributed by atoms with Gasteiger partial charge in [0.2, 0.25) is 5.78 Å². The second kappa shape index (κ2) is 8.45. The number of allylic oxidation sites excluding steroid dienone is 1. The summed E-state index contributed by atoms with van der Waals surface area (Å²) in [6, 6.07) is 18.8. The van der Waals surface area contributed by atoms with E-state index in [0.29, 0.717) is 16.9 Å². The van der Waals surface area contributed by atoms with Crippen LogP contribution in [0.2, 0.25) is 0 Å². The number of aliphatic carboxylic acids is 1. The van der Waals surface area contributed by atoms with Crippen molar-refractivity contribution < 1.29 is 24.9 Å². The van der Waals surface area contributed by atoms with Crippen LogP contribution in [0.15, 0.2) is 78.9 Å². The lowest BCUT2D eigenvalue weighted by atomic mass is 9.97. The van der Waals surface area contributed by atoms with Gasteiger partial charge in [0.15, 0.2) is 0 Å². The molecule has 1 aromatic heterocycles. The summed E-state index contributed by atoms with van der Waals surface area (Å²) in [6.07, 6.45) is 3.19. The highest BCUT2D eigenvalue weighted by molar-refractivity contribution is 7.21. The predicted molar refractivity (Wildman–Crippen MR) is 121 cm³/mol. The number of fused-ring (bicyclic) bond motifs is 1. The molecular formula is C25H18O5S. The minimum absolute atomic E-state index is 0.0885. The number of hydrogen-bond acceptors (Lipinski definition) is 5. The monoisotopic (exact) mass is 430 g/mol. The topological polar surface area (TPSA) is 94.8 Å². The maximum Gasteiger partial charge on any atom is 0.327 e. The second-order valence-electron chi connectivity index (χ2n) is 7.00. The molecule has 3 N–H and O–H groups in total. The molecule has 0 aliphatic heterocycles. The van der Waals surface area contributed by atoms with Gasteiger partial charge in [0, 0.05) is 27.3 Å². The van der Waals surface area contributed by atoms with Gasteiger partial charge in [-0.3, -0.25) is 4.79 Å². The van der Waals surface area contributed by atoms with E-state index in [2.05, 4.69) is 0 Å². The molecule has 1 heterocycles. The molecule has 3 aromatic carbocycles. The second-order valence-corrected chi connectivity index (χ2v) is 8.06. The molecule has 5 nitrogen and oxygen atoms in total. The van der Waals surface area contributed by atoms with Crippen LogP contribution in [0.3, 0.4) is 0 Å². The van der Waals surface area contributed by atoms with Crippen molar-refractivity contribution in [2.75, 3.05) is 0 Å². The van der Waals surface area contributed by atoms with Gasteiger partial charge in [-0.2, -0.15) is 0 Å². The first-order valence-electron chi connectivity index (χ1n) is 9.50. The number of carboxylic acids is 1.